The van der Waals surface area contributed by atoms with E-state index in [0.29, 0.717) is 11.1 Å². The summed E-state index contributed by atoms with van der Waals surface area (Å²) in [5, 5.41) is 0. The summed E-state index contributed by atoms with van der Waals surface area (Å²) in [6.07, 6.45) is 0. The molecule has 2 N–H and O–H groups in total. The predicted molar refractivity (Wildman–Crippen MR) is 55.9 cm³/mol. The van der Waals surface area contributed by atoms with Gasteiger partial charge in [-0.3, -0.25) is 0 Å². The summed E-state index contributed by atoms with van der Waals surface area (Å²) in [7, 11) is 0. The van der Waals surface area contributed by atoms with E-state index in [0.717, 1.165) is 5.56 Å². The molecule has 0 aliphatic heterocycles. The van der Waals surface area contributed by atoms with Crippen molar-refractivity contribution in [2.24, 2.45) is 5.73 Å². The zero-order valence-electron chi connectivity index (χ0n) is 8.47. The highest BCUT2D eigenvalue weighted by Crippen LogP contribution is 2.24. The van der Waals surface area contributed by atoms with Crippen LogP contribution in [0.2, 0.25) is 0 Å². The maximum Gasteiger partial charge on any atom is 0.387 e. The molecule has 0 spiro atoms. The van der Waals surface area contributed by atoms with Gasteiger partial charge in [0.2, 0.25) is 0 Å². The molecule has 0 saturated carbocycles. The number of halogens is 2. The molecular formula is C11H13F2NO. The Morgan fingerprint density at radius 2 is 2.20 bits per heavy atom. The lowest BCUT2D eigenvalue weighted by atomic mass is 10.1. The van der Waals surface area contributed by atoms with Crippen LogP contribution in [0.15, 0.2) is 24.8 Å². The molecule has 0 radical (unpaired) electrons. The summed E-state index contributed by atoms with van der Waals surface area (Å²) in [6, 6.07) is 5.01. The van der Waals surface area contributed by atoms with Crippen LogP contribution < -0.4 is 10.5 Å². The van der Waals surface area contributed by atoms with Gasteiger partial charge in [0.05, 0.1) is 0 Å². The van der Waals surface area contributed by atoms with E-state index in [1.54, 1.807) is 19.1 Å². The van der Waals surface area contributed by atoms with E-state index in [1.807, 2.05) is 0 Å². The largest absolute Gasteiger partial charge is 0.435 e. The zero-order valence-corrected chi connectivity index (χ0v) is 8.47. The van der Waals surface area contributed by atoms with Gasteiger partial charge in [-0.1, -0.05) is 18.7 Å². The second kappa shape index (κ2) is 4.89. The second-order valence-electron chi connectivity index (χ2n) is 3.17. The van der Waals surface area contributed by atoms with Crippen LogP contribution in [0.25, 0.3) is 5.57 Å². The highest BCUT2D eigenvalue weighted by atomic mass is 19.3. The van der Waals surface area contributed by atoms with Crippen LogP contribution in [0.1, 0.15) is 11.1 Å². The molecule has 0 atom stereocenters. The smallest absolute Gasteiger partial charge is 0.387 e. The fourth-order valence-corrected chi connectivity index (χ4v) is 1.16. The predicted octanol–water partition coefficient (Wildman–Crippen LogP) is 2.57. The Balaban J connectivity index is 2.99. The molecule has 0 heterocycles. The first-order valence-electron chi connectivity index (χ1n) is 4.48. The second-order valence-corrected chi connectivity index (χ2v) is 3.17. The van der Waals surface area contributed by atoms with E-state index >= 15 is 0 Å². The zero-order chi connectivity index (χ0) is 11.4. The lowest BCUT2D eigenvalue weighted by molar-refractivity contribution is -0.0503. The third-order valence-electron chi connectivity index (χ3n) is 2.06. The molecule has 15 heavy (non-hydrogen) atoms. The van der Waals surface area contributed by atoms with E-state index in [9.17, 15) is 8.78 Å². The summed E-state index contributed by atoms with van der Waals surface area (Å²) in [5.41, 5.74) is 7.47. The standard InChI is InChI=1S/C11H13F2NO/c1-7-3-4-9(8(2)6-14)5-10(7)15-11(12)13/h3-5,11H,2,6,14H2,1H3. The number of hydrogen-bond donors (Lipinski definition) is 1. The highest BCUT2D eigenvalue weighted by Gasteiger charge is 2.08. The lowest BCUT2D eigenvalue weighted by Gasteiger charge is -2.10. The number of aryl methyl sites for hydroxylation is 1. The first-order valence-corrected chi connectivity index (χ1v) is 4.48. The molecule has 1 rings (SSSR count). The monoisotopic (exact) mass is 213 g/mol. The van der Waals surface area contributed by atoms with Crippen molar-refractivity contribution in [3.8, 4) is 5.75 Å². The van der Waals surface area contributed by atoms with Crippen LogP contribution in [0, 0.1) is 6.92 Å². The highest BCUT2D eigenvalue weighted by molar-refractivity contribution is 5.66. The van der Waals surface area contributed by atoms with E-state index in [1.165, 1.54) is 6.07 Å². The van der Waals surface area contributed by atoms with Gasteiger partial charge in [-0.25, -0.2) is 0 Å². The van der Waals surface area contributed by atoms with Crippen molar-refractivity contribution in [1.29, 1.82) is 0 Å². The molecule has 0 fully saturated rings. The Morgan fingerprint density at radius 1 is 1.53 bits per heavy atom. The van der Waals surface area contributed by atoms with Gasteiger partial charge in [0.15, 0.2) is 0 Å². The molecule has 0 aliphatic carbocycles. The number of hydrogen-bond acceptors (Lipinski definition) is 2. The van der Waals surface area contributed by atoms with Crippen LogP contribution in [0.4, 0.5) is 8.78 Å². The summed E-state index contributed by atoms with van der Waals surface area (Å²) in [6.45, 7) is 2.90. The summed E-state index contributed by atoms with van der Waals surface area (Å²) in [5.74, 6) is 0.164. The van der Waals surface area contributed by atoms with Crippen molar-refractivity contribution >= 4 is 5.57 Å². The van der Waals surface area contributed by atoms with Gasteiger partial charge in [-0.15, -0.1) is 0 Å². The van der Waals surface area contributed by atoms with Crippen LogP contribution >= 0.6 is 0 Å². The van der Waals surface area contributed by atoms with Crippen LogP contribution in [0.5, 0.6) is 5.75 Å². The Morgan fingerprint density at radius 3 is 2.73 bits per heavy atom. The molecule has 0 aliphatic rings. The van der Waals surface area contributed by atoms with Crippen molar-refractivity contribution in [2.45, 2.75) is 13.5 Å². The average Bonchev–Trinajstić information content (AvgIpc) is 2.19. The third-order valence-corrected chi connectivity index (χ3v) is 2.06. The summed E-state index contributed by atoms with van der Waals surface area (Å²) < 4.78 is 28.5. The number of ether oxygens (including phenoxy) is 1. The van der Waals surface area contributed by atoms with Gasteiger partial charge in [0, 0.05) is 6.54 Å². The van der Waals surface area contributed by atoms with E-state index < -0.39 is 6.61 Å². The molecule has 0 aromatic heterocycles. The normalized spacial score (nSPS) is 10.5. The van der Waals surface area contributed by atoms with Crippen LogP contribution in [-0.2, 0) is 0 Å². The van der Waals surface area contributed by atoms with Crippen molar-refractivity contribution < 1.29 is 13.5 Å². The maximum atomic E-state index is 12.0. The number of benzene rings is 1. The molecule has 1 aromatic rings. The Labute approximate surface area is 87.4 Å². The number of alkyl halides is 2. The fourth-order valence-electron chi connectivity index (χ4n) is 1.16. The summed E-state index contributed by atoms with van der Waals surface area (Å²) >= 11 is 0. The van der Waals surface area contributed by atoms with E-state index in [2.05, 4.69) is 11.3 Å². The molecule has 1 aromatic carbocycles. The SMILES string of the molecule is C=C(CN)c1ccc(C)c(OC(F)F)c1. The summed E-state index contributed by atoms with van der Waals surface area (Å²) in [4.78, 5) is 0. The van der Waals surface area contributed by atoms with Crippen molar-refractivity contribution in [3.05, 3.63) is 35.9 Å². The van der Waals surface area contributed by atoms with Gasteiger partial charge in [0.25, 0.3) is 0 Å². The van der Waals surface area contributed by atoms with Gasteiger partial charge in [-0.05, 0) is 29.7 Å². The molecule has 0 saturated heterocycles. The van der Waals surface area contributed by atoms with Gasteiger partial charge < -0.3 is 10.5 Å². The number of nitrogens with two attached hydrogens (primary N) is 1. The van der Waals surface area contributed by atoms with E-state index in [4.69, 9.17) is 5.73 Å². The molecule has 82 valence electrons. The molecule has 0 unspecified atom stereocenters. The average molecular weight is 213 g/mol. The molecule has 2 nitrogen and oxygen atoms in total. The molecule has 0 amide bonds. The van der Waals surface area contributed by atoms with Crippen molar-refractivity contribution in [1.82, 2.24) is 0 Å². The fraction of sp³-hybridized carbons (Fsp3) is 0.273. The van der Waals surface area contributed by atoms with Gasteiger partial charge >= 0.3 is 6.61 Å². The topological polar surface area (TPSA) is 35.2 Å². The Bertz CT molecular complexity index is 364. The first-order chi connectivity index (χ1) is 7.04. The lowest BCUT2D eigenvalue weighted by Crippen LogP contribution is -2.05. The van der Waals surface area contributed by atoms with Gasteiger partial charge in [0.1, 0.15) is 5.75 Å². The molecule has 4 heteroatoms. The Kier molecular flexibility index (Phi) is 3.80. The Hall–Kier alpha value is -1.42. The van der Waals surface area contributed by atoms with Crippen molar-refractivity contribution in [3.63, 3.8) is 0 Å². The maximum absolute atomic E-state index is 12.0. The minimum Gasteiger partial charge on any atom is -0.435 e. The first kappa shape index (κ1) is 11.7. The minimum atomic E-state index is -2.81. The minimum absolute atomic E-state index is 0.164. The molecule has 0 bridgehead atoms. The number of rotatable bonds is 4. The van der Waals surface area contributed by atoms with E-state index in [-0.39, 0.29) is 12.3 Å². The third kappa shape index (κ3) is 3.02. The van der Waals surface area contributed by atoms with Crippen LogP contribution in [-0.4, -0.2) is 13.2 Å². The van der Waals surface area contributed by atoms with Crippen molar-refractivity contribution in [2.75, 3.05) is 6.54 Å². The quantitative estimate of drug-likeness (QED) is 0.834. The van der Waals surface area contributed by atoms with Gasteiger partial charge in [-0.2, -0.15) is 8.78 Å². The van der Waals surface area contributed by atoms with Crippen LogP contribution in [0.3, 0.4) is 0 Å². The molecular weight excluding hydrogens is 200 g/mol.